The molecule has 0 atom stereocenters. The summed E-state index contributed by atoms with van der Waals surface area (Å²) in [6.45, 7) is 0.230. The van der Waals surface area contributed by atoms with Crippen LogP contribution in [0.5, 0.6) is 17.2 Å². The van der Waals surface area contributed by atoms with Crippen LogP contribution in [0.25, 0.3) is 11.1 Å². The van der Waals surface area contributed by atoms with E-state index in [1.807, 2.05) is 24.3 Å². The zero-order valence-corrected chi connectivity index (χ0v) is 26.4. The number of imide groups is 1. The molecule has 0 unspecified atom stereocenters. The standard InChI is InChI=1S/C27H21Br4NO5/c1-35-17-6-4-14(5-7-17)8-9-32-26(33)22(15-10-18(28)24(36-2)19(29)11-15)23(27(32)34)16-12-20(30)25(37-3)21(31)13-16/h4-7,10-13H,8-9H2,1-3H3. The quantitative estimate of drug-likeness (QED) is 0.226. The summed E-state index contributed by atoms with van der Waals surface area (Å²) >= 11 is 14.1. The van der Waals surface area contributed by atoms with Crippen molar-refractivity contribution in [2.45, 2.75) is 6.42 Å². The molecule has 4 rings (SSSR count). The van der Waals surface area contributed by atoms with Crippen LogP contribution in [0, 0.1) is 0 Å². The van der Waals surface area contributed by atoms with Gasteiger partial charge in [-0.1, -0.05) is 12.1 Å². The monoisotopic (exact) mass is 755 g/mol. The minimum absolute atomic E-state index is 0.230. The van der Waals surface area contributed by atoms with Crippen molar-refractivity contribution in [1.82, 2.24) is 4.90 Å². The van der Waals surface area contributed by atoms with Gasteiger partial charge in [0, 0.05) is 6.54 Å². The molecule has 1 aliphatic rings. The summed E-state index contributed by atoms with van der Waals surface area (Å²) in [7, 11) is 4.73. The van der Waals surface area contributed by atoms with Gasteiger partial charge in [-0.15, -0.1) is 0 Å². The molecule has 6 nitrogen and oxygen atoms in total. The van der Waals surface area contributed by atoms with E-state index in [4.69, 9.17) is 14.2 Å². The van der Waals surface area contributed by atoms with Crippen LogP contribution in [0.2, 0.25) is 0 Å². The Bertz CT molecular complexity index is 1290. The number of amides is 2. The van der Waals surface area contributed by atoms with Crippen molar-refractivity contribution >= 4 is 86.7 Å². The van der Waals surface area contributed by atoms with Crippen LogP contribution in [0.4, 0.5) is 0 Å². The number of hydrogen-bond acceptors (Lipinski definition) is 5. The van der Waals surface area contributed by atoms with E-state index in [1.54, 1.807) is 45.6 Å². The van der Waals surface area contributed by atoms with Gasteiger partial charge in [-0.2, -0.15) is 0 Å². The van der Waals surface area contributed by atoms with Crippen molar-refractivity contribution in [3.63, 3.8) is 0 Å². The second-order valence-electron chi connectivity index (χ2n) is 8.06. The van der Waals surface area contributed by atoms with Crippen molar-refractivity contribution in [1.29, 1.82) is 0 Å². The van der Waals surface area contributed by atoms with Gasteiger partial charge in [0.2, 0.25) is 0 Å². The third-order valence-corrected chi connectivity index (χ3v) is 8.29. The zero-order chi connectivity index (χ0) is 26.9. The molecule has 0 bridgehead atoms. The van der Waals surface area contributed by atoms with E-state index >= 15 is 0 Å². The van der Waals surface area contributed by atoms with Crippen molar-refractivity contribution in [2.75, 3.05) is 27.9 Å². The van der Waals surface area contributed by atoms with E-state index in [-0.39, 0.29) is 18.4 Å². The summed E-state index contributed by atoms with van der Waals surface area (Å²) in [6, 6.07) is 14.7. The largest absolute Gasteiger partial charge is 0.497 e. The van der Waals surface area contributed by atoms with Crippen LogP contribution in [0.3, 0.4) is 0 Å². The van der Waals surface area contributed by atoms with Crippen LogP contribution >= 0.6 is 63.7 Å². The topological polar surface area (TPSA) is 65.1 Å². The molecule has 0 saturated heterocycles. The predicted molar refractivity (Wildman–Crippen MR) is 157 cm³/mol. The second-order valence-corrected chi connectivity index (χ2v) is 11.5. The molecule has 10 heteroatoms. The highest BCUT2D eigenvalue weighted by molar-refractivity contribution is 9.11. The molecule has 0 saturated carbocycles. The molecule has 0 spiro atoms. The van der Waals surface area contributed by atoms with Gasteiger partial charge >= 0.3 is 0 Å². The predicted octanol–water partition coefficient (Wildman–Crippen LogP) is 7.28. The molecule has 0 aromatic heterocycles. The SMILES string of the molecule is COc1ccc(CCN2C(=O)C(c3cc(Br)c(OC)c(Br)c3)=C(c3cc(Br)c(OC)c(Br)c3)C2=O)cc1. The molecule has 1 heterocycles. The molecule has 0 N–H and O–H groups in total. The first-order valence-corrected chi connectivity index (χ1v) is 14.2. The fraction of sp³-hybridized carbons (Fsp3) is 0.185. The van der Waals surface area contributed by atoms with Gasteiger partial charge in [0.1, 0.15) is 17.2 Å². The van der Waals surface area contributed by atoms with Gasteiger partial charge in [0.25, 0.3) is 11.8 Å². The van der Waals surface area contributed by atoms with E-state index in [1.165, 1.54) is 4.90 Å². The van der Waals surface area contributed by atoms with E-state index in [0.29, 0.717) is 58.1 Å². The zero-order valence-electron chi connectivity index (χ0n) is 20.0. The minimum Gasteiger partial charge on any atom is -0.497 e. The van der Waals surface area contributed by atoms with E-state index in [9.17, 15) is 9.59 Å². The number of methoxy groups -OCH3 is 3. The highest BCUT2D eigenvalue weighted by Gasteiger charge is 2.40. The van der Waals surface area contributed by atoms with Crippen molar-refractivity contribution in [3.05, 3.63) is 83.1 Å². The van der Waals surface area contributed by atoms with Crippen LogP contribution in [0.1, 0.15) is 16.7 Å². The van der Waals surface area contributed by atoms with Gasteiger partial charge in [0.05, 0.1) is 50.4 Å². The first-order valence-electron chi connectivity index (χ1n) is 11.0. The van der Waals surface area contributed by atoms with Crippen molar-refractivity contribution < 1.29 is 23.8 Å². The Labute approximate surface area is 248 Å². The Hall–Kier alpha value is -2.14. The normalized spacial score (nSPS) is 13.4. The Kier molecular flexibility index (Phi) is 8.83. The number of benzene rings is 3. The molecular weight excluding hydrogens is 738 g/mol. The average molecular weight is 759 g/mol. The lowest BCUT2D eigenvalue weighted by atomic mass is 9.96. The first-order chi connectivity index (χ1) is 17.7. The fourth-order valence-electron chi connectivity index (χ4n) is 4.15. The molecule has 3 aromatic carbocycles. The summed E-state index contributed by atoms with van der Waals surface area (Å²) in [4.78, 5) is 28.9. The number of nitrogens with zero attached hydrogens (tertiary/aromatic N) is 1. The van der Waals surface area contributed by atoms with Gasteiger partial charge < -0.3 is 14.2 Å². The van der Waals surface area contributed by atoms with Crippen molar-refractivity contribution in [2.24, 2.45) is 0 Å². The van der Waals surface area contributed by atoms with Crippen LogP contribution in [-0.2, 0) is 16.0 Å². The third kappa shape index (κ3) is 5.53. The number of rotatable bonds is 8. The Balaban J connectivity index is 1.80. The highest BCUT2D eigenvalue weighted by Crippen LogP contribution is 2.44. The van der Waals surface area contributed by atoms with E-state index in [2.05, 4.69) is 63.7 Å². The van der Waals surface area contributed by atoms with Crippen LogP contribution < -0.4 is 14.2 Å². The maximum absolute atomic E-state index is 13.8. The molecule has 1 aliphatic heterocycles. The lowest BCUT2D eigenvalue weighted by molar-refractivity contribution is -0.135. The molecule has 2 amide bonds. The molecule has 0 fully saturated rings. The third-order valence-electron chi connectivity index (χ3n) is 5.93. The molecule has 192 valence electrons. The summed E-state index contributed by atoms with van der Waals surface area (Å²) < 4.78 is 18.7. The second kappa shape index (κ2) is 11.7. The molecule has 37 heavy (non-hydrogen) atoms. The lowest BCUT2D eigenvalue weighted by Gasteiger charge is -2.16. The average Bonchev–Trinajstić information content (AvgIpc) is 3.11. The number of carbonyl (C=O) groups excluding carboxylic acids is 2. The first kappa shape index (κ1) is 27.9. The molecule has 0 radical (unpaired) electrons. The maximum atomic E-state index is 13.8. The smallest absolute Gasteiger partial charge is 0.262 e. The molecule has 3 aromatic rings. The lowest BCUT2D eigenvalue weighted by Crippen LogP contribution is -2.33. The Morgan fingerprint density at radius 2 is 1.05 bits per heavy atom. The summed E-state index contributed by atoms with van der Waals surface area (Å²) in [5.74, 6) is 1.21. The van der Waals surface area contributed by atoms with E-state index < -0.39 is 0 Å². The Morgan fingerprint density at radius 1 is 0.649 bits per heavy atom. The van der Waals surface area contributed by atoms with Gasteiger partial charge in [-0.3, -0.25) is 14.5 Å². The highest BCUT2D eigenvalue weighted by atomic mass is 79.9. The number of halogens is 4. The number of hydrogen-bond donors (Lipinski definition) is 0. The number of carbonyl (C=O) groups is 2. The summed E-state index contributed by atoms with van der Waals surface area (Å²) in [5.41, 5.74) is 2.78. The number of ether oxygens (including phenoxy) is 3. The van der Waals surface area contributed by atoms with Crippen LogP contribution in [-0.4, -0.2) is 44.6 Å². The van der Waals surface area contributed by atoms with Crippen molar-refractivity contribution in [3.8, 4) is 17.2 Å². The molecular formula is C27H21Br4NO5. The Morgan fingerprint density at radius 3 is 1.41 bits per heavy atom. The van der Waals surface area contributed by atoms with Gasteiger partial charge in [0.15, 0.2) is 0 Å². The van der Waals surface area contributed by atoms with Gasteiger partial charge in [-0.25, -0.2) is 0 Å². The molecule has 0 aliphatic carbocycles. The summed E-state index contributed by atoms with van der Waals surface area (Å²) in [6.07, 6.45) is 0.508. The maximum Gasteiger partial charge on any atom is 0.262 e. The summed E-state index contributed by atoms with van der Waals surface area (Å²) in [5, 5.41) is 0. The van der Waals surface area contributed by atoms with Crippen LogP contribution in [0.15, 0.2) is 66.4 Å². The fourth-order valence-corrected chi connectivity index (χ4v) is 7.17. The van der Waals surface area contributed by atoms with E-state index in [0.717, 1.165) is 11.3 Å². The van der Waals surface area contributed by atoms with Gasteiger partial charge in [-0.05, 0) is 123 Å². The minimum atomic E-state index is -0.361.